The van der Waals surface area contributed by atoms with Gasteiger partial charge in [0, 0.05) is 6.16 Å². The Morgan fingerprint density at radius 1 is 1.46 bits per heavy atom. The van der Waals surface area contributed by atoms with Crippen LogP contribution in [-0.4, -0.2) is 11.4 Å². The van der Waals surface area contributed by atoms with E-state index in [0.717, 1.165) is 5.56 Å². The number of hydrogen-bond donors (Lipinski definition) is 1. The van der Waals surface area contributed by atoms with Crippen molar-refractivity contribution in [2.24, 2.45) is 0 Å². The van der Waals surface area contributed by atoms with Crippen LogP contribution in [0.15, 0.2) is 30.3 Å². The third-order valence-electron chi connectivity index (χ3n) is 1.49. The van der Waals surface area contributed by atoms with Crippen LogP contribution in [-0.2, 0) is 15.3 Å². The first-order valence-corrected chi connectivity index (χ1v) is 5.62. The summed E-state index contributed by atoms with van der Waals surface area (Å²) < 4.78 is 16.0. The lowest BCUT2D eigenvalue weighted by molar-refractivity contribution is 0.00622. The molecule has 4 heteroatoms. The van der Waals surface area contributed by atoms with Gasteiger partial charge >= 0.3 is 0 Å². The van der Waals surface area contributed by atoms with Crippen molar-refractivity contribution in [2.45, 2.75) is 19.4 Å². The highest BCUT2D eigenvalue weighted by Crippen LogP contribution is 2.28. The smallest absolute Gasteiger partial charge is 0.198 e. The van der Waals surface area contributed by atoms with Crippen LogP contribution in [0.2, 0.25) is 0 Å². The fourth-order valence-electron chi connectivity index (χ4n) is 0.994. The zero-order valence-corrected chi connectivity index (χ0v) is 8.43. The van der Waals surface area contributed by atoms with Crippen LogP contribution in [0.5, 0.6) is 0 Å². The van der Waals surface area contributed by atoms with E-state index in [9.17, 15) is 4.57 Å². The van der Waals surface area contributed by atoms with Gasteiger partial charge in [0.2, 0.25) is 0 Å². The first kappa shape index (κ1) is 10.5. The van der Waals surface area contributed by atoms with E-state index < -0.39 is 14.3 Å². The molecule has 0 saturated heterocycles. The largest absolute Gasteiger partial charge is 0.368 e. The number of rotatable bonds is 4. The summed E-state index contributed by atoms with van der Waals surface area (Å²) in [4.78, 5) is 0. The van der Waals surface area contributed by atoms with Crippen molar-refractivity contribution in [2.75, 3.05) is 0 Å². The number of hydrogen-bond acceptors (Lipinski definition) is 3. The fraction of sp³-hybridized carbons (Fsp3) is 0.333. The van der Waals surface area contributed by atoms with Crippen LogP contribution in [0.1, 0.15) is 12.5 Å². The van der Waals surface area contributed by atoms with Crippen molar-refractivity contribution >= 4 is 8.03 Å². The normalized spacial score (nSPS) is 15.2. The molecular weight excluding hydrogens is 187 g/mol. The Kier molecular flexibility index (Phi) is 4.16. The monoisotopic (exact) mass is 200 g/mol. The van der Waals surface area contributed by atoms with Gasteiger partial charge in [0.25, 0.3) is 0 Å². The fourth-order valence-corrected chi connectivity index (χ4v) is 2.03. The zero-order valence-electron chi connectivity index (χ0n) is 7.43. The molecule has 3 nitrogen and oxygen atoms in total. The third kappa shape index (κ3) is 4.23. The summed E-state index contributed by atoms with van der Waals surface area (Å²) in [5.41, 5.74) is 0.965. The summed E-state index contributed by atoms with van der Waals surface area (Å²) in [6, 6.07) is 9.43. The van der Waals surface area contributed by atoms with E-state index in [4.69, 9.17) is 9.63 Å². The van der Waals surface area contributed by atoms with E-state index in [2.05, 4.69) is 0 Å². The first-order chi connectivity index (χ1) is 6.18. The zero-order chi connectivity index (χ0) is 9.68. The van der Waals surface area contributed by atoms with Gasteiger partial charge in [-0.05, 0) is 12.5 Å². The van der Waals surface area contributed by atoms with Gasteiger partial charge in [-0.3, -0.25) is 4.57 Å². The highest BCUT2D eigenvalue weighted by atomic mass is 31.1. The Hall–Kier alpha value is -0.630. The number of benzene rings is 1. The van der Waals surface area contributed by atoms with Crippen LogP contribution >= 0.6 is 8.03 Å². The van der Waals surface area contributed by atoms with Crippen molar-refractivity contribution in [3.63, 3.8) is 0 Å². The molecule has 0 radical (unpaired) electrons. The second-order valence-electron chi connectivity index (χ2n) is 2.75. The lowest BCUT2D eigenvalue weighted by Gasteiger charge is -2.05. The Morgan fingerprint density at radius 2 is 2.08 bits per heavy atom. The van der Waals surface area contributed by atoms with Crippen molar-refractivity contribution in [3.8, 4) is 0 Å². The SMILES string of the molecule is CC(O)O[PH](=O)Cc1ccccc1. The minimum atomic E-state index is -2.14. The van der Waals surface area contributed by atoms with E-state index in [1.54, 1.807) is 0 Å². The van der Waals surface area contributed by atoms with Gasteiger partial charge in [-0.15, -0.1) is 0 Å². The summed E-state index contributed by atoms with van der Waals surface area (Å²) in [5, 5.41) is 8.80. The molecule has 1 N–H and O–H groups in total. The first-order valence-electron chi connectivity index (χ1n) is 4.10. The number of aliphatic hydroxyl groups is 1. The molecule has 1 rings (SSSR count). The summed E-state index contributed by atoms with van der Waals surface area (Å²) in [6.45, 7) is 1.45. The molecule has 0 spiro atoms. The van der Waals surface area contributed by atoms with Gasteiger partial charge in [-0.25, -0.2) is 0 Å². The van der Waals surface area contributed by atoms with Crippen LogP contribution < -0.4 is 0 Å². The molecule has 72 valence electrons. The molecule has 0 saturated carbocycles. The molecule has 1 aromatic carbocycles. The molecule has 0 aliphatic carbocycles. The van der Waals surface area contributed by atoms with E-state index in [-0.39, 0.29) is 0 Å². The molecule has 0 aromatic heterocycles. The summed E-state index contributed by atoms with van der Waals surface area (Å²) in [6.07, 6.45) is -0.564. The molecule has 0 aliphatic rings. The standard InChI is InChI=1S/C9H13O3P/c1-8(10)12-13(11)7-9-5-3-2-4-6-9/h2-6,8,10,13H,7H2,1H3. The molecule has 0 amide bonds. The topological polar surface area (TPSA) is 46.5 Å². The average Bonchev–Trinajstić information content (AvgIpc) is 2.04. The maximum absolute atomic E-state index is 11.2. The second kappa shape index (κ2) is 5.18. The highest BCUT2D eigenvalue weighted by Gasteiger charge is 2.04. The molecule has 2 atom stereocenters. The lowest BCUT2D eigenvalue weighted by atomic mass is 10.2. The quantitative estimate of drug-likeness (QED) is 0.597. The minimum Gasteiger partial charge on any atom is -0.368 e. The summed E-state index contributed by atoms with van der Waals surface area (Å²) >= 11 is 0. The van der Waals surface area contributed by atoms with Gasteiger partial charge in [-0.2, -0.15) is 0 Å². The van der Waals surface area contributed by atoms with Crippen molar-refractivity contribution in [1.29, 1.82) is 0 Å². The molecular formula is C9H13O3P. The van der Waals surface area contributed by atoms with Crippen LogP contribution in [0.3, 0.4) is 0 Å². The van der Waals surface area contributed by atoms with Crippen molar-refractivity contribution in [3.05, 3.63) is 35.9 Å². The van der Waals surface area contributed by atoms with Crippen LogP contribution in [0.4, 0.5) is 0 Å². The molecule has 0 heterocycles. The third-order valence-corrected chi connectivity index (χ3v) is 2.79. The Morgan fingerprint density at radius 3 is 2.62 bits per heavy atom. The van der Waals surface area contributed by atoms with Gasteiger partial charge in [-0.1, -0.05) is 30.3 Å². The molecule has 13 heavy (non-hydrogen) atoms. The van der Waals surface area contributed by atoms with Gasteiger partial charge in [0.05, 0.1) is 0 Å². The maximum atomic E-state index is 11.2. The molecule has 0 bridgehead atoms. The second-order valence-corrected chi connectivity index (χ2v) is 4.08. The molecule has 0 fully saturated rings. The molecule has 1 aromatic rings. The molecule has 0 aliphatic heterocycles. The van der Waals surface area contributed by atoms with Crippen LogP contribution in [0, 0.1) is 0 Å². The highest BCUT2D eigenvalue weighted by molar-refractivity contribution is 7.38. The van der Waals surface area contributed by atoms with Gasteiger partial charge in [0.1, 0.15) is 0 Å². The van der Waals surface area contributed by atoms with Crippen molar-refractivity contribution in [1.82, 2.24) is 0 Å². The Balaban J connectivity index is 2.46. The number of aliphatic hydroxyl groups excluding tert-OH is 1. The van der Waals surface area contributed by atoms with E-state index in [0.29, 0.717) is 6.16 Å². The minimum absolute atomic E-state index is 0.385. The average molecular weight is 200 g/mol. The van der Waals surface area contributed by atoms with Gasteiger partial charge < -0.3 is 9.63 Å². The predicted molar refractivity (Wildman–Crippen MR) is 51.9 cm³/mol. The maximum Gasteiger partial charge on any atom is 0.198 e. The Bertz CT molecular complexity index is 271. The van der Waals surface area contributed by atoms with E-state index in [1.807, 2.05) is 30.3 Å². The predicted octanol–water partition coefficient (Wildman–Crippen LogP) is 2.02. The molecule has 2 unspecified atom stereocenters. The van der Waals surface area contributed by atoms with E-state index in [1.165, 1.54) is 6.92 Å². The summed E-state index contributed by atoms with van der Waals surface area (Å²) in [5.74, 6) is 0. The van der Waals surface area contributed by atoms with E-state index >= 15 is 0 Å². The van der Waals surface area contributed by atoms with Crippen LogP contribution in [0.25, 0.3) is 0 Å². The van der Waals surface area contributed by atoms with Crippen molar-refractivity contribution < 1.29 is 14.2 Å². The van der Waals surface area contributed by atoms with Gasteiger partial charge in [0.15, 0.2) is 14.3 Å². The Labute approximate surface area is 78.2 Å². The lowest BCUT2D eigenvalue weighted by Crippen LogP contribution is -1.99. The summed E-state index contributed by atoms with van der Waals surface area (Å²) in [7, 11) is -2.14.